The molecule has 0 saturated heterocycles. The van der Waals surface area contributed by atoms with E-state index in [4.69, 9.17) is 4.74 Å². The molecule has 0 bridgehead atoms. The quantitative estimate of drug-likeness (QED) is 0.319. The third kappa shape index (κ3) is 9.93. The molecule has 0 unspecified atom stereocenters. The van der Waals surface area contributed by atoms with Crippen LogP contribution in [-0.4, -0.2) is 38.6 Å². The van der Waals surface area contributed by atoms with E-state index >= 15 is 0 Å². The second kappa shape index (κ2) is 10.8. The van der Waals surface area contributed by atoms with Crippen molar-refractivity contribution in [3.8, 4) is 5.75 Å². The first kappa shape index (κ1) is 23.7. The molecule has 1 aromatic carbocycles. The number of unbranched alkanes of at least 4 members (excludes halogenated alkanes) is 4. The van der Waals surface area contributed by atoms with E-state index in [2.05, 4.69) is 0 Å². The summed E-state index contributed by atoms with van der Waals surface area (Å²) in [7, 11) is -3.61. The van der Waals surface area contributed by atoms with Crippen molar-refractivity contribution in [3.63, 3.8) is 0 Å². The average Bonchev–Trinajstić information content (AvgIpc) is 2.56. The van der Waals surface area contributed by atoms with Crippen LogP contribution in [0.4, 0.5) is 22.0 Å². The fraction of sp³-hybridized carbons (Fsp3) is 0.667. The number of rotatable bonds is 13. The SMILES string of the molecule is O=S(=O)(CCCCCCCOc1ccccc1)CCCC(F)(F)C(F)(F)F. The first-order valence-corrected chi connectivity index (χ1v) is 10.7. The molecule has 0 atom stereocenters. The van der Waals surface area contributed by atoms with Crippen molar-refractivity contribution in [2.24, 2.45) is 0 Å². The van der Waals surface area contributed by atoms with Crippen molar-refractivity contribution >= 4 is 9.84 Å². The number of halogens is 5. The molecule has 0 amide bonds. The van der Waals surface area contributed by atoms with Gasteiger partial charge in [-0.25, -0.2) is 8.42 Å². The normalized spacial score (nSPS) is 12.9. The van der Waals surface area contributed by atoms with Gasteiger partial charge in [-0.05, 0) is 31.4 Å². The Labute approximate surface area is 156 Å². The molecular weight excluding hydrogens is 391 g/mol. The molecular formula is C18H25F5O3S. The molecule has 156 valence electrons. The summed E-state index contributed by atoms with van der Waals surface area (Å²) in [4.78, 5) is 0. The first-order valence-electron chi connectivity index (χ1n) is 8.86. The molecule has 0 aliphatic rings. The topological polar surface area (TPSA) is 43.4 Å². The van der Waals surface area contributed by atoms with Crippen molar-refractivity contribution in [1.29, 1.82) is 0 Å². The lowest BCUT2D eigenvalue weighted by Gasteiger charge is -2.19. The number of alkyl halides is 5. The summed E-state index contributed by atoms with van der Waals surface area (Å²) in [6.45, 7) is 0.565. The van der Waals surface area contributed by atoms with Crippen LogP contribution >= 0.6 is 0 Å². The summed E-state index contributed by atoms with van der Waals surface area (Å²) >= 11 is 0. The molecule has 0 aliphatic carbocycles. The van der Waals surface area contributed by atoms with Gasteiger partial charge in [-0.1, -0.05) is 37.5 Å². The van der Waals surface area contributed by atoms with Crippen LogP contribution in [0, 0.1) is 0 Å². The summed E-state index contributed by atoms with van der Waals surface area (Å²) in [6.07, 6.45) is -4.32. The molecule has 0 aromatic heterocycles. The van der Waals surface area contributed by atoms with Crippen molar-refractivity contribution < 1.29 is 35.1 Å². The largest absolute Gasteiger partial charge is 0.494 e. The smallest absolute Gasteiger partial charge is 0.453 e. The van der Waals surface area contributed by atoms with Crippen molar-refractivity contribution in [3.05, 3.63) is 30.3 Å². The maximum atomic E-state index is 12.7. The van der Waals surface area contributed by atoms with Gasteiger partial charge in [-0.2, -0.15) is 22.0 Å². The number of ether oxygens (including phenoxy) is 1. The van der Waals surface area contributed by atoms with Crippen LogP contribution in [0.2, 0.25) is 0 Å². The Kier molecular flexibility index (Phi) is 9.49. The van der Waals surface area contributed by atoms with Gasteiger partial charge in [-0.15, -0.1) is 0 Å². The highest BCUT2D eigenvalue weighted by atomic mass is 32.2. The highest BCUT2D eigenvalue weighted by Gasteiger charge is 2.56. The van der Waals surface area contributed by atoms with Gasteiger partial charge in [0.25, 0.3) is 0 Å². The Morgan fingerprint density at radius 1 is 0.778 bits per heavy atom. The summed E-state index contributed by atoms with van der Waals surface area (Å²) in [5, 5.41) is 0. The Bertz CT molecular complexity index is 630. The molecule has 0 N–H and O–H groups in total. The molecule has 0 spiro atoms. The fourth-order valence-corrected chi connectivity index (χ4v) is 3.85. The second-order valence-corrected chi connectivity index (χ2v) is 8.69. The number of hydrogen-bond acceptors (Lipinski definition) is 3. The van der Waals surface area contributed by atoms with Gasteiger partial charge in [0.1, 0.15) is 15.6 Å². The highest BCUT2D eigenvalue weighted by molar-refractivity contribution is 7.91. The standard InChI is InChI=1S/C18H25F5O3S/c19-17(20,18(21,22)23)12-9-15-27(24,25)14-8-3-1-2-7-13-26-16-10-5-4-6-11-16/h4-6,10-11H,1-3,7-9,12-15H2. The molecule has 1 rings (SSSR count). The third-order valence-electron chi connectivity index (χ3n) is 3.97. The second-order valence-electron chi connectivity index (χ2n) is 6.39. The fourth-order valence-electron chi connectivity index (χ4n) is 2.42. The lowest BCUT2D eigenvalue weighted by molar-refractivity contribution is -0.284. The maximum absolute atomic E-state index is 12.7. The predicted molar refractivity (Wildman–Crippen MR) is 93.9 cm³/mol. The molecule has 27 heavy (non-hydrogen) atoms. The van der Waals surface area contributed by atoms with Gasteiger partial charge in [0, 0.05) is 6.42 Å². The van der Waals surface area contributed by atoms with Crippen LogP contribution in [0.15, 0.2) is 30.3 Å². The average molecular weight is 416 g/mol. The zero-order valence-corrected chi connectivity index (χ0v) is 15.8. The molecule has 1 aromatic rings. The van der Waals surface area contributed by atoms with Gasteiger partial charge in [0.05, 0.1) is 18.1 Å². The van der Waals surface area contributed by atoms with E-state index in [0.29, 0.717) is 19.4 Å². The number of benzene rings is 1. The zero-order valence-electron chi connectivity index (χ0n) is 15.0. The molecule has 0 fully saturated rings. The summed E-state index contributed by atoms with van der Waals surface area (Å²) in [5.74, 6) is -4.89. The molecule has 0 saturated carbocycles. The minimum Gasteiger partial charge on any atom is -0.494 e. The number of para-hydroxylation sites is 1. The van der Waals surface area contributed by atoms with Crippen LogP contribution in [-0.2, 0) is 9.84 Å². The summed E-state index contributed by atoms with van der Waals surface area (Å²) in [6, 6.07) is 9.35. The van der Waals surface area contributed by atoms with Gasteiger partial charge in [-0.3, -0.25) is 0 Å². The monoisotopic (exact) mass is 416 g/mol. The van der Waals surface area contributed by atoms with Crippen molar-refractivity contribution in [1.82, 2.24) is 0 Å². The maximum Gasteiger partial charge on any atom is 0.453 e. The minimum atomic E-state index is -5.64. The molecule has 0 radical (unpaired) electrons. The minimum absolute atomic E-state index is 0.189. The Morgan fingerprint density at radius 3 is 1.96 bits per heavy atom. The predicted octanol–water partition coefficient (Wildman–Crippen LogP) is 5.41. The van der Waals surface area contributed by atoms with E-state index in [1.807, 2.05) is 30.3 Å². The van der Waals surface area contributed by atoms with Crippen LogP contribution in [0.25, 0.3) is 0 Å². The van der Waals surface area contributed by atoms with Gasteiger partial charge < -0.3 is 4.74 Å². The lowest BCUT2D eigenvalue weighted by Crippen LogP contribution is -2.36. The van der Waals surface area contributed by atoms with Crippen molar-refractivity contribution in [2.45, 2.75) is 57.0 Å². The van der Waals surface area contributed by atoms with Crippen LogP contribution in [0.1, 0.15) is 44.9 Å². The van der Waals surface area contributed by atoms with E-state index in [1.165, 1.54) is 0 Å². The number of sulfone groups is 1. The Hall–Kier alpha value is -1.38. The molecule has 0 aliphatic heterocycles. The van der Waals surface area contributed by atoms with E-state index in [1.54, 1.807) is 0 Å². The van der Waals surface area contributed by atoms with Crippen LogP contribution in [0.5, 0.6) is 5.75 Å². The number of hydrogen-bond donors (Lipinski definition) is 0. The van der Waals surface area contributed by atoms with E-state index < -0.39 is 40.5 Å². The van der Waals surface area contributed by atoms with Crippen LogP contribution < -0.4 is 4.74 Å². The molecule has 3 nitrogen and oxygen atoms in total. The first-order chi connectivity index (χ1) is 12.5. The third-order valence-corrected chi connectivity index (χ3v) is 5.79. The summed E-state index contributed by atoms with van der Waals surface area (Å²) in [5.41, 5.74) is 0. The Balaban J connectivity index is 2.07. The van der Waals surface area contributed by atoms with Crippen molar-refractivity contribution in [2.75, 3.05) is 18.1 Å². The highest BCUT2D eigenvalue weighted by Crippen LogP contribution is 2.38. The zero-order chi connectivity index (χ0) is 20.4. The van der Waals surface area contributed by atoms with E-state index in [9.17, 15) is 30.4 Å². The van der Waals surface area contributed by atoms with Gasteiger partial charge in [0.15, 0.2) is 0 Å². The van der Waals surface area contributed by atoms with Crippen LogP contribution in [0.3, 0.4) is 0 Å². The van der Waals surface area contributed by atoms with E-state index in [0.717, 1.165) is 25.0 Å². The Morgan fingerprint density at radius 2 is 1.33 bits per heavy atom. The summed E-state index contributed by atoms with van der Waals surface area (Å²) < 4.78 is 90.5. The molecule has 9 heteroatoms. The van der Waals surface area contributed by atoms with Gasteiger partial charge in [0.2, 0.25) is 0 Å². The van der Waals surface area contributed by atoms with E-state index in [-0.39, 0.29) is 5.75 Å². The van der Waals surface area contributed by atoms with Gasteiger partial charge >= 0.3 is 12.1 Å². The lowest BCUT2D eigenvalue weighted by atomic mass is 10.2. The molecule has 0 heterocycles.